The Bertz CT molecular complexity index is 1250. The summed E-state index contributed by atoms with van der Waals surface area (Å²) in [4.78, 5) is 34.7. The fourth-order valence-corrected chi connectivity index (χ4v) is 3.87. The van der Waals surface area contributed by atoms with Gasteiger partial charge in [0.2, 0.25) is 0 Å². The van der Waals surface area contributed by atoms with Crippen molar-refractivity contribution in [3.8, 4) is 5.82 Å². The Morgan fingerprint density at radius 3 is 2.55 bits per heavy atom. The molecule has 2 heterocycles. The Morgan fingerprint density at radius 2 is 1.83 bits per heavy atom. The van der Waals surface area contributed by atoms with Gasteiger partial charge in [0.05, 0.1) is 16.7 Å². The summed E-state index contributed by atoms with van der Waals surface area (Å²) >= 11 is 7.10. The van der Waals surface area contributed by atoms with Crippen LogP contribution in [-0.2, 0) is 0 Å². The summed E-state index contributed by atoms with van der Waals surface area (Å²) in [6, 6.07) is 17.6. The minimum Gasteiger partial charge on any atom is -0.293 e. The predicted molar refractivity (Wildman–Crippen MR) is 116 cm³/mol. The fraction of sp³-hybridized carbons (Fsp3) is 0.0909. The lowest BCUT2D eigenvalue weighted by Crippen LogP contribution is -2.23. The molecule has 0 spiro atoms. The second-order valence-corrected chi connectivity index (χ2v) is 7.84. The number of pyridine rings is 1. The molecular weight excluding hydrogens is 406 g/mol. The van der Waals surface area contributed by atoms with Crippen molar-refractivity contribution >= 4 is 40.0 Å². The molecule has 0 radical (unpaired) electrons. The Morgan fingerprint density at radius 1 is 1.07 bits per heavy atom. The summed E-state index contributed by atoms with van der Waals surface area (Å²) in [5.41, 5.74) is 1.92. The molecule has 4 aromatic rings. The van der Waals surface area contributed by atoms with E-state index in [1.807, 2.05) is 19.1 Å². The highest BCUT2D eigenvalue weighted by Gasteiger charge is 2.16. The SMILES string of the molecule is Cc1ccc(-n2c(SCC(=O)c3ccc(Cl)cc3)nc3ccccc3c2=O)nc1. The Hall–Kier alpha value is -2.96. The predicted octanol–water partition coefficient (Wildman–Crippen LogP) is 4.72. The first kappa shape index (κ1) is 19.4. The molecule has 0 fully saturated rings. The van der Waals surface area contributed by atoms with Gasteiger partial charge >= 0.3 is 0 Å². The van der Waals surface area contributed by atoms with Crippen LogP contribution in [0.15, 0.2) is 76.8 Å². The number of aryl methyl sites for hydroxylation is 1. The minimum absolute atomic E-state index is 0.0718. The molecule has 2 aromatic heterocycles. The zero-order chi connectivity index (χ0) is 20.4. The van der Waals surface area contributed by atoms with Gasteiger partial charge in [-0.25, -0.2) is 14.5 Å². The van der Waals surface area contributed by atoms with Gasteiger partial charge in [-0.3, -0.25) is 9.59 Å². The molecule has 0 atom stereocenters. The molecule has 144 valence electrons. The molecule has 5 nitrogen and oxygen atoms in total. The number of ketones is 1. The third-order valence-corrected chi connectivity index (χ3v) is 5.56. The smallest absolute Gasteiger partial charge is 0.267 e. The Balaban J connectivity index is 1.75. The van der Waals surface area contributed by atoms with Crippen molar-refractivity contribution in [2.45, 2.75) is 12.1 Å². The van der Waals surface area contributed by atoms with Gasteiger partial charge in [-0.2, -0.15) is 0 Å². The molecule has 0 saturated heterocycles. The lowest BCUT2D eigenvalue weighted by atomic mass is 10.1. The van der Waals surface area contributed by atoms with Crippen molar-refractivity contribution < 1.29 is 4.79 Å². The maximum Gasteiger partial charge on any atom is 0.267 e. The normalized spacial score (nSPS) is 11.0. The van der Waals surface area contributed by atoms with Gasteiger partial charge in [0.1, 0.15) is 5.82 Å². The number of fused-ring (bicyclic) bond motifs is 1. The van der Waals surface area contributed by atoms with Crippen molar-refractivity contribution in [3.05, 3.63) is 93.4 Å². The van der Waals surface area contributed by atoms with Gasteiger partial charge in [-0.15, -0.1) is 0 Å². The highest BCUT2D eigenvalue weighted by molar-refractivity contribution is 7.99. The molecule has 0 bridgehead atoms. The van der Waals surface area contributed by atoms with E-state index in [0.717, 1.165) is 5.56 Å². The van der Waals surface area contributed by atoms with Crippen LogP contribution in [0.4, 0.5) is 0 Å². The lowest BCUT2D eigenvalue weighted by Gasteiger charge is -2.12. The van der Waals surface area contributed by atoms with E-state index in [1.54, 1.807) is 54.7 Å². The van der Waals surface area contributed by atoms with Crippen molar-refractivity contribution in [1.29, 1.82) is 0 Å². The summed E-state index contributed by atoms with van der Waals surface area (Å²) in [7, 11) is 0. The van der Waals surface area contributed by atoms with Crippen molar-refractivity contribution in [2.75, 3.05) is 5.75 Å². The molecule has 4 rings (SSSR count). The van der Waals surface area contributed by atoms with Crippen LogP contribution in [0.5, 0.6) is 0 Å². The van der Waals surface area contributed by atoms with Gasteiger partial charge in [0.15, 0.2) is 10.9 Å². The fourth-order valence-electron chi connectivity index (χ4n) is 2.85. The topological polar surface area (TPSA) is 64.8 Å². The first-order valence-corrected chi connectivity index (χ1v) is 10.3. The van der Waals surface area contributed by atoms with E-state index in [2.05, 4.69) is 9.97 Å². The molecule has 0 unspecified atom stereocenters. The van der Waals surface area contributed by atoms with Crippen molar-refractivity contribution in [2.24, 2.45) is 0 Å². The van der Waals surface area contributed by atoms with Crippen LogP contribution in [-0.4, -0.2) is 26.1 Å². The molecule has 0 aliphatic heterocycles. The number of aromatic nitrogens is 3. The number of carbonyl (C=O) groups is 1. The summed E-state index contributed by atoms with van der Waals surface area (Å²) in [6.45, 7) is 1.93. The monoisotopic (exact) mass is 421 g/mol. The van der Waals surface area contributed by atoms with E-state index in [4.69, 9.17) is 11.6 Å². The number of halogens is 1. The molecule has 0 aliphatic carbocycles. The molecule has 7 heteroatoms. The van der Waals surface area contributed by atoms with Gasteiger partial charge in [0.25, 0.3) is 5.56 Å². The van der Waals surface area contributed by atoms with E-state index < -0.39 is 0 Å². The van der Waals surface area contributed by atoms with Crippen LogP contribution in [0.25, 0.3) is 16.7 Å². The molecule has 0 aliphatic rings. The molecule has 2 aromatic carbocycles. The number of benzene rings is 2. The second kappa shape index (κ2) is 8.19. The first-order valence-electron chi connectivity index (χ1n) is 8.89. The molecule has 0 N–H and O–H groups in total. The van der Waals surface area contributed by atoms with Crippen LogP contribution >= 0.6 is 23.4 Å². The van der Waals surface area contributed by atoms with Crippen LogP contribution in [0, 0.1) is 6.92 Å². The molecule has 29 heavy (non-hydrogen) atoms. The summed E-state index contributed by atoms with van der Waals surface area (Å²) < 4.78 is 1.46. The average molecular weight is 422 g/mol. The van der Waals surface area contributed by atoms with Crippen molar-refractivity contribution in [3.63, 3.8) is 0 Å². The van der Waals surface area contributed by atoms with Gasteiger partial charge in [0, 0.05) is 16.8 Å². The van der Waals surface area contributed by atoms with E-state index in [0.29, 0.717) is 32.5 Å². The first-order chi connectivity index (χ1) is 14.0. The zero-order valence-electron chi connectivity index (χ0n) is 15.5. The maximum atomic E-state index is 13.2. The zero-order valence-corrected chi connectivity index (χ0v) is 17.1. The quantitative estimate of drug-likeness (QED) is 0.265. The summed E-state index contributed by atoms with van der Waals surface area (Å²) in [5.74, 6) is 0.538. The maximum absolute atomic E-state index is 13.2. The molecule has 0 saturated carbocycles. The number of rotatable bonds is 5. The second-order valence-electron chi connectivity index (χ2n) is 6.46. The molecule has 0 amide bonds. The summed E-state index contributed by atoms with van der Waals surface area (Å²) in [5, 5.41) is 1.50. The van der Waals surface area contributed by atoms with Gasteiger partial charge < -0.3 is 0 Å². The number of thioether (sulfide) groups is 1. The van der Waals surface area contributed by atoms with Crippen LogP contribution in [0.3, 0.4) is 0 Å². The Kier molecular flexibility index (Phi) is 5.47. The van der Waals surface area contributed by atoms with Crippen LogP contribution in [0.1, 0.15) is 15.9 Å². The van der Waals surface area contributed by atoms with E-state index in [9.17, 15) is 9.59 Å². The van der Waals surface area contributed by atoms with Gasteiger partial charge in [-0.1, -0.05) is 41.6 Å². The highest BCUT2D eigenvalue weighted by Crippen LogP contribution is 2.22. The van der Waals surface area contributed by atoms with Gasteiger partial charge in [-0.05, 0) is 55.0 Å². The van der Waals surface area contributed by atoms with Crippen molar-refractivity contribution in [1.82, 2.24) is 14.5 Å². The average Bonchev–Trinajstić information content (AvgIpc) is 2.73. The lowest BCUT2D eigenvalue weighted by molar-refractivity contribution is 0.102. The number of para-hydroxylation sites is 1. The number of Topliss-reactive ketones (excluding diaryl/α,β-unsaturated/α-hetero) is 1. The number of carbonyl (C=O) groups excluding carboxylic acids is 1. The summed E-state index contributed by atoms with van der Waals surface area (Å²) in [6.07, 6.45) is 1.70. The van der Waals surface area contributed by atoms with Crippen LogP contribution < -0.4 is 5.56 Å². The standard InChI is InChI=1S/C22H16ClN3O2S/c1-14-6-11-20(24-12-14)26-21(28)17-4-2-3-5-18(17)25-22(26)29-13-19(27)15-7-9-16(23)10-8-15/h2-12H,13H2,1H3. The van der Waals surface area contributed by atoms with E-state index in [1.165, 1.54) is 16.3 Å². The van der Waals surface area contributed by atoms with Crippen LogP contribution in [0.2, 0.25) is 5.02 Å². The minimum atomic E-state index is -0.214. The number of hydrogen-bond acceptors (Lipinski definition) is 5. The number of nitrogens with zero attached hydrogens (tertiary/aromatic N) is 3. The Labute approximate surface area is 176 Å². The van der Waals surface area contributed by atoms with E-state index in [-0.39, 0.29) is 17.1 Å². The third-order valence-electron chi connectivity index (χ3n) is 4.37. The van der Waals surface area contributed by atoms with E-state index >= 15 is 0 Å². The molecular formula is C22H16ClN3O2S. The highest BCUT2D eigenvalue weighted by atomic mass is 35.5. The largest absolute Gasteiger partial charge is 0.293 e. The number of hydrogen-bond donors (Lipinski definition) is 0. The third kappa shape index (κ3) is 4.09.